The van der Waals surface area contributed by atoms with Crippen LogP contribution in [0.25, 0.3) is 11.4 Å². The van der Waals surface area contributed by atoms with Crippen LogP contribution in [-0.4, -0.2) is 27.6 Å². The lowest BCUT2D eigenvalue weighted by Gasteiger charge is -2.33. The summed E-state index contributed by atoms with van der Waals surface area (Å²) in [5, 5.41) is 7.67. The van der Waals surface area contributed by atoms with Crippen LogP contribution in [0.5, 0.6) is 0 Å². The first-order chi connectivity index (χ1) is 13.2. The third kappa shape index (κ3) is 3.95. The summed E-state index contributed by atoms with van der Waals surface area (Å²) in [6.07, 6.45) is 2.76. The van der Waals surface area contributed by atoms with E-state index >= 15 is 0 Å². The van der Waals surface area contributed by atoms with Crippen LogP contribution >= 0.6 is 11.6 Å². The van der Waals surface area contributed by atoms with Gasteiger partial charge in [-0.3, -0.25) is 0 Å². The summed E-state index contributed by atoms with van der Waals surface area (Å²) >= 11 is 5.93. The van der Waals surface area contributed by atoms with Gasteiger partial charge in [-0.25, -0.2) is 4.79 Å². The molecular formula is C20H19ClN4O2. The number of para-hydroxylation sites is 1. The molecule has 4 rings (SSSR count). The highest BCUT2D eigenvalue weighted by Gasteiger charge is 2.32. The van der Waals surface area contributed by atoms with Crippen LogP contribution in [0.4, 0.5) is 10.5 Å². The number of aromatic nitrogens is 2. The van der Waals surface area contributed by atoms with E-state index in [2.05, 4.69) is 15.5 Å². The molecule has 6 nitrogen and oxygen atoms in total. The first kappa shape index (κ1) is 17.5. The number of amides is 2. The molecule has 2 aromatic carbocycles. The van der Waals surface area contributed by atoms with Gasteiger partial charge in [0.25, 0.3) is 0 Å². The van der Waals surface area contributed by atoms with Gasteiger partial charge in [-0.1, -0.05) is 35.0 Å². The second-order valence-electron chi connectivity index (χ2n) is 6.46. The first-order valence-corrected chi connectivity index (χ1v) is 9.31. The minimum absolute atomic E-state index is 0.155. The van der Waals surface area contributed by atoms with Gasteiger partial charge < -0.3 is 14.7 Å². The monoisotopic (exact) mass is 382 g/mol. The lowest BCUT2D eigenvalue weighted by molar-refractivity contribution is 0.142. The molecule has 0 bridgehead atoms. The molecule has 1 aliphatic rings. The van der Waals surface area contributed by atoms with Crippen molar-refractivity contribution in [2.75, 3.05) is 11.9 Å². The SMILES string of the molecule is O=C(Nc1ccccc1)N1CCCCC1c1nc(-c2ccc(Cl)cc2)no1. The van der Waals surface area contributed by atoms with Gasteiger partial charge in [-0.15, -0.1) is 0 Å². The quantitative estimate of drug-likeness (QED) is 0.680. The van der Waals surface area contributed by atoms with E-state index in [9.17, 15) is 4.79 Å². The molecule has 1 fully saturated rings. The highest BCUT2D eigenvalue weighted by atomic mass is 35.5. The number of carbonyl (C=O) groups excluding carboxylic acids is 1. The van der Waals surface area contributed by atoms with E-state index in [0.29, 0.717) is 23.3 Å². The highest BCUT2D eigenvalue weighted by molar-refractivity contribution is 6.30. The predicted octanol–water partition coefficient (Wildman–Crippen LogP) is 5.15. The van der Waals surface area contributed by atoms with Crippen molar-refractivity contribution in [3.8, 4) is 11.4 Å². The number of urea groups is 1. The van der Waals surface area contributed by atoms with Crippen LogP contribution in [-0.2, 0) is 0 Å². The van der Waals surface area contributed by atoms with Crippen LogP contribution in [0.2, 0.25) is 5.02 Å². The largest absolute Gasteiger partial charge is 0.337 e. The summed E-state index contributed by atoms with van der Waals surface area (Å²) in [6, 6.07) is 16.3. The summed E-state index contributed by atoms with van der Waals surface area (Å²) in [6.45, 7) is 0.655. The van der Waals surface area contributed by atoms with Crippen molar-refractivity contribution in [2.45, 2.75) is 25.3 Å². The van der Waals surface area contributed by atoms with Gasteiger partial charge in [0.15, 0.2) is 0 Å². The number of likely N-dealkylation sites (tertiary alicyclic amines) is 1. The number of carbonyl (C=O) groups is 1. The van der Waals surface area contributed by atoms with Gasteiger partial charge >= 0.3 is 6.03 Å². The van der Waals surface area contributed by atoms with E-state index in [-0.39, 0.29) is 12.1 Å². The minimum Gasteiger partial charge on any atom is -0.337 e. The lowest BCUT2D eigenvalue weighted by Crippen LogP contribution is -2.41. The van der Waals surface area contributed by atoms with E-state index in [1.165, 1.54) is 0 Å². The second-order valence-corrected chi connectivity index (χ2v) is 6.90. The number of hydrogen-bond acceptors (Lipinski definition) is 4. The standard InChI is InChI=1S/C20H19ClN4O2/c21-15-11-9-14(10-12-15)18-23-19(27-24-18)17-8-4-5-13-25(17)20(26)22-16-6-2-1-3-7-16/h1-3,6-7,9-12,17H,4-5,8,13H2,(H,22,26). The molecule has 1 atom stereocenters. The number of rotatable bonds is 3. The minimum atomic E-state index is -0.226. The molecule has 1 saturated heterocycles. The Balaban J connectivity index is 1.54. The topological polar surface area (TPSA) is 71.3 Å². The predicted molar refractivity (Wildman–Crippen MR) is 104 cm³/mol. The average Bonchev–Trinajstić information content (AvgIpc) is 3.19. The number of hydrogen-bond donors (Lipinski definition) is 1. The maximum Gasteiger partial charge on any atom is 0.322 e. The van der Waals surface area contributed by atoms with Crippen LogP contribution < -0.4 is 5.32 Å². The molecule has 1 aromatic heterocycles. The van der Waals surface area contributed by atoms with Crippen LogP contribution in [0, 0.1) is 0 Å². The molecule has 3 aromatic rings. The Morgan fingerprint density at radius 2 is 1.89 bits per heavy atom. The molecule has 0 spiro atoms. The zero-order valence-electron chi connectivity index (χ0n) is 14.6. The van der Waals surface area contributed by atoms with E-state index < -0.39 is 0 Å². The van der Waals surface area contributed by atoms with Crippen LogP contribution in [0.1, 0.15) is 31.2 Å². The molecule has 138 valence electrons. The Morgan fingerprint density at radius 3 is 2.67 bits per heavy atom. The number of anilines is 1. The summed E-state index contributed by atoms with van der Waals surface area (Å²) in [4.78, 5) is 19.1. The molecule has 0 radical (unpaired) electrons. The van der Waals surface area contributed by atoms with Crippen molar-refractivity contribution in [1.29, 1.82) is 0 Å². The second kappa shape index (κ2) is 7.80. The van der Waals surface area contributed by atoms with Crippen molar-refractivity contribution in [2.24, 2.45) is 0 Å². The Morgan fingerprint density at radius 1 is 1.11 bits per heavy atom. The third-order valence-corrected chi connectivity index (χ3v) is 4.87. The van der Waals surface area contributed by atoms with Crippen molar-refractivity contribution in [3.05, 3.63) is 65.5 Å². The van der Waals surface area contributed by atoms with Crippen molar-refractivity contribution < 1.29 is 9.32 Å². The number of piperidine rings is 1. The maximum absolute atomic E-state index is 12.8. The zero-order chi connectivity index (χ0) is 18.6. The molecule has 0 aliphatic carbocycles. The van der Waals surface area contributed by atoms with Gasteiger partial charge in [0.05, 0.1) is 0 Å². The summed E-state index contributed by atoms with van der Waals surface area (Å²) in [5.74, 6) is 0.957. The molecule has 1 unspecified atom stereocenters. The molecular weight excluding hydrogens is 364 g/mol. The Bertz CT molecular complexity index is 911. The van der Waals surface area contributed by atoms with Gasteiger partial charge in [0, 0.05) is 22.8 Å². The third-order valence-electron chi connectivity index (χ3n) is 4.62. The van der Waals surface area contributed by atoms with E-state index in [4.69, 9.17) is 16.1 Å². The fraction of sp³-hybridized carbons (Fsp3) is 0.250. The average molecular weight is 383 g/mol. The number of halogens is 1. The van der Waals surface area contributed by atoms with Crippen molar-refractivity contribution in [1.82, 2.24) is 15.0 Å². The fourth-order valence-electron chi connectivity index (χ4n) is 3.23. The fourth-order valence-corrected chi connectivity index (χ4v) is 3.36. The summed E-state index contributed by atoms with van der Waals surface area (Å²) in [5.41, 5.74) is 1.59. The number of benzene rings is 2. The van der Waals surface area contributed by atoms with Gasteiger partial charge in [0.2, 0.25) is 11.7 Å². The van der Waals surface area contributed by atoms with Crippen molar-refractivity contribution in [3.63, 3.8) is 0 Å². The first-order valence-electron chi connectivity index (χ1n) is 8.93. The van der Waals surface area contributed by atoms with Gasteiger partial charge in [-0.05, 0) is 55.7 Å². The number of nitrogens with zero attached hydrogens (tertiary/aromatic N) is 3. The van der Waals surface area contributed by atoms with Crippen LogP contribution in [0.15, 0.2) is 59.1 Å². The van der Waals surface area contributed by atoms with E-state index in [1.807, 2.05) is 42.5 Å². The normalized spacial score (nSPS) is 16.9. The highest BCUT2D eigenvalue weighted by Crippen LogP contribution is 2.31. The summed E-state index contributed by atoms with van der Waals surface area (Å²) < 4.78 is 5.50. The van der Waals surface area contributed by atoms with Gasteiger partial charge in [-0.2, -0.15) is 4.98 Å². The smallest absolute Gasteiger partial charge is 0.322 e. The van der Waals surface area contributed by atoms with E-state index in [0.717, 1.165) is 30.5 Å². The lowest BCUT2D eigenvalue weighted by atomic mass is 10.0. The molecule has 0 saturated carbocycles. The number of nitrogens with one attached hydrogen (secondary N) is 1. The molecule has 2 heterocycles. The summed E-state index contributed by atoms with van der Waals surface area (Å²) in [7, 11) is 0. The van der Waals surface area contributed by atoms with Crippen LogP contribution in [0.3, 0.4) is 0 Å². The Hall–Kier alpha value is -2.86. The maximum atomic E-state index is 12.8. The molecule has 1 N–H and O–H groups in total. The Labute approximate surface area is 162 Å². The molecule has 7 heteroatoms. The molecule has 1 aliphatic heterocycles. The van der Waals surface area contributed by atoms with E-state index in [1.54, 1.807) is 17.0 Å². The Kier molecular flexibility index (Phi) is 5.07. The zero-order valence-corrected chi connectivity index (χ0v) is 15.4. The van der Waals surface area contributed by atoms with Crippen molar-refractivity contribution >= 4 is 23.3 Å². The molecule has 27 heavy (non-hydrogen) atoms. The molecule has 2 amide bonds. The van der Waals surface area contributed by atoms with Gasteiger partial charge in [0.1, 0.15) is 6.04 Å².